The summed E-state index contributed by atoms with van der Waals surface area (Å²) >= 11 is 16.5. The molecule has 0 amide bonds. The summed E-state index contributed by atoms with van der Waals surface area (Å²) in [6.07, 6.45) is 5.33. The SMILES string of the molecule is CCCCOc1cccc(-c2ccnc(Cl)n2)c1.Clc1ccnc(Cl)n1. The van der Waals surface area contributed by atoms with Crippen LogP contribution in [0.5, 0.6) is 5.75 Å². The lowest BCUT2D eigenvalue weighted by Gasteiger charge is -2.07. The molecule has 0 unspecified atom stereocenters. The number of ether oxygens (including phenoxy) is 1. The summed E-state index contributed by atoms with van der Waals surface area (Å²) in [5, 5.41) is 0.798. The summed E-state index contributed by atoms with van der Waals surface area (Å²) in [4.78, 5) is 15.3. The molecule has 0 aliphatic heterocycles. The Morgan fingerprint density at radius 3 is 2.27 bits per heavy atom. The molecule has 2 heterocycles. The number of aromatic nitrogens is 4. The molecule has 0 N–H and O–H groups in total. The lowest BCUT2D eigenvalue weighted by Crippen LogP contribution is -1.96. The Kier molecular flexibility index (Phi) is 8.54. The molecule has 136 valence electrons. The Hall–Kier alpha value is -1.95. The van der Waals surface area contributed by atoms with Gasteiger partial charge in [-0.15, -0.1) is 0 Å². The van der Waals surface area contributed by atoms with Gasteiger partial charge >= 0.3 is 0 Å². The van der Waals surface area contributed by atoms with E-state index in [9.17, 15) is 0 Å². The molecule has 5 nitrogen and oxygen atoms in total. The van der Waals surface area contributed by atoms with Crippen LogP contribution in [0.25, 0.3) is 11.3 Å². The Morgan fingerprint density at radius 2 is 1.65 bits per heavy atom. The van der Waals surface area contributed by atoms with Gasteiger partial charge in [-0.1, -0.05) is 37.1 Å². The van der Waals surface area contributed by atoms with Gasteiger partial charge in [-0.05, 0) is 53.9 Å². The summed E-state index contributed by atoms with van der Waals surface area (Å²) in [7, 11) is 0. The van der Waals surface area contributed by atoms with Gasteiger partial charge in [-0.2, -0.15) is 0 Å². The fraction of sp³-hybridized carbons (Fsp3) is 0.222. The molecule has 0 bridgehead atoms. The fourth-order valence-electron chi connectivity index (χ4n) is 1.89. The molecule has 26 heavy (non-hydrogen) atoms. The van der Waals surface area contributed by atoms with Gasteiger partial charge in [0.15, 0.2) is 0 Å². The molecule has 0 radical (unpaired) electrons. The quantitative estimate of drug-likeness (QED) is 0.303. The summed E-state index contributed by atoms with van der Waals surface area (Å²) in [6.45, 7) is 2.88. The monoisotopic (exact) mass is 410 g/mol. The van der Waals surface area contributed by atoms with E-state index in [1.165, 1.54) is 6.20 Å². The summed E-state index contributed by atoms with van der Waals surface area (Å²) in [6, 6.07) is 11.2. The molecule has 3 aromatic rings. The summed E-state index contributed by atoms with van der Waals surface area (Å²) in [5.74, 6) is 0.857. The normalized spacial score (nSPS) is 10.0. The lowest BCUT2D eigenvalue weighted by atomic mass is 10.1. The van der Waals surface area contributed by atoms with E-state index in [0.717, 1.165) is 36.5 Å². The van der Waals surface area contributed by atoms with E-state index in [4.69, 9.17) is 39.5 Å². The lowest BCUT2D eigenvalue weighted by molar-refractivity contribution is 0.309. The third-order valence-corrected chi connectivity index (χ3v) is 3.69. The first-order chi connectivity index (χ1) is 12.6. The van der Waals surface area contributed by atoms with Gasteiger partial charge < -0.3 is 4.74 Å². The highest BCUT2D eigenvalue weighted by Crippen LogP contribution is 2.22. The van der Waals surface area contributed by atoms with Crippen molar-refractivity contribution < 1.29 is 4.74 Å². The van der Waals surface area contributed by atoms with Crippen LogP contribution in [0, 0.1) is 0 Å². The van der Waals surface area contributed by atoms with E-state index in [1.807, 2.05) is 30.3 Å². The minimum Gasteiger partial charge on any atom is -0.494 e. The Morgan fingerprint density at radius 1 is 0.923 bits per heavy atom. The van der Waals surface area contributed by atoms with Crippen LogP contribution in [0.1, 0.15) is 19.8 Å². The summed E-state index contributed by atoms with van der Waals surface area (Å²) in [5.41, 5.74) is 1.78. The number of nitrogens with zero attached hydrogens (tertiary/aromatic N) is 4. The maximum atomic E-state index is 5.78. The van der Waals surface area contributed by atoms with Crippen molar-refractivity contribution in [3.8, 4) is 17.0 Å². The minimum atomic E-state index is 0.178. The van der Waals surface area contributed by atoms with Crippen molar-refractivity contribution in [3.63, 3.8) is 0 Å². The number of rotatable bonds is 5. The van der Waals surface area contributed by atoms with Crippen LogP contribution in [-0.4, -0.2) is 26.5 Å². The minimum absolute atomic E-state index is 0.178. The van der Waals surface area contributed by atoms with E-state index < -0.39 is 0 Å². The number of benzene rings is 1. The first-order valence-electron chi connectivity index (χ1n) is 7.94. The Labute approximate surface area is 167 Å². The molecular formula is C18H17Cl3N4O. The van der Waals surface area contributed by atoms with Crippen molar-refractivity contribution in [2.75, 3.05) is 6.61 Å². The highest BCUT2D eigenvalue weighted by atomic mass is 35.5. The number of hydrogen-bond acceptors (Lipinski definition) is 5. The molecule has 0 spiro atoms. The van der Waals surface area contributed by atoms with Crippen molar-refractivity contribution in [2.45, 2.75) is 19.8 Å². The van der Waals surface area contributed by atoms with E-state index >= 15 is 0 Å². The Bertz CT molecular complexity index is 816. The van der Waals surface area contributed by atoms with Gasteiger partial charge in [0.2, 0.25) is 10.6 Å². The van der Waals surface area contributed by atoms with Crippen molar-refractivity contribution in [3.05, 3.63) is 64.5 Å². The van der Waals surface area contributed by atoms with Crippen molar-refractivity contribution in [1.29, 1.82) is 0 Å². The topological polar surface area (TPSA) is 60.8 Å². The van der Waals surface area contributed by atoms with Gasteiger partial charge in [-0.25, -0.2) is 19.9 Å². The van der Waals surface area contributed by atoms with Gasteiger partial charge in [-0.3, -0.25) is 0 Å². The molecule has 0 aliphatic carbocycles. The van der Waals surface area contributed by atoms with Crippen LogP contribution in [0.15, 0.2) is 48.8 Å². The maximum Gasteiger partial charge on any atom is 0.223 e. The van der Waals surface area contributed by atoms with Crippen LogP contribution in [0.4, 0.5) is 0 Å². The molecule has 8 heteroatoms. The predicted octanol–water partition coefficient (Wildman–Crippen LogP) is 5.76. The summed E-state index contributed by atoms with van der Waals surface area (Å²) < 4.78 is 5.66. The molecule has 1 aromatic carbocycles. The number of hydrogen-bond donors (Lipinski definition) is 0. The molecule has 3 rings (SSSR count). The van der Waals surface area contributed by atoms with Crippen LogP contribution in [0.3, 0.4) is 0 Å². The van der Waals surface area contributed by atoms with Crippen LogP contribution < -0.4 is 4.74 Å². The molecule has 0 fully saturated rings. The van der Waals surface area contributed by atoms with Crippen LogP contribution in [-0.2, 0) is 0 Å². The largest absolute Gasteiger partial charge is 0.494 e. The molecule has 2 aromatic heterocycles. The second kappa shape index (κ2) is 10.9. The molecule has 0 saturated carbocycles. The van der Waals surface area contributed by atoms with Crippen molar-refractivity contribution >= 4 is 34.8 Å². The first kappa shape index (κ1) is 20.4. The highest BCUT2D eigenvalue weighted by Gasteiger charge is 2.02. The van der Waals surface area contributed by atoms with E-state index in [-0.39, 0.29) is 10.6 Å². The Balaban J connectivity index is 0.000000254. The zero-order valence-electron chi connectivity index (χ0n) is 14.1. The average Bonchev–Trinajstić information content (AvgIpc) is 2.63. The second-order valence-electron chi connectivity index (χ2n) is 5.09. The second-order valence-corrected chi connectivity index (χ2v) is 6.15. The maximum absolute atomic E-state index is 5.78. The van der Waals surface area contributed by atoms with Gasteiger partial charge in [0.1, 0.15) is 10.9 Å². The van der Waals surface area contributed by atoms with Gasteiger partial charge in [0.05, 0.1) is 12.3 Å². The highest BCUT2D eigenvalue weighted by molar-refractivity contribution is 6.31. The average molecular weight is 412 g/mol. The molecule has 0 aliphatic rings. The third-order valence-electron chi connectivity index (χ3n) is 3.11. The fourth-order valence-corrected chi connectivity index (χ4v) is 2.36. The predicted molar refractivity (Wildman–Crippen MR) is 105 cm³/mol. The third kappa shape index (κ3) is 7.12. The molecular weight excluding hydrogens is 395 g/mol. The number of halogens is 3. The zero-order chi connectivity index (χ0) is 18.8. The number of unbranched alkanes of at least 4 members (excludes halogenated alkanes) is 1. The molecule has 0 saturated heterocycles. The van der Waals surface area contributed by atoms with Crippen LogP contribution in [0.2, 0.25) is 15.7 Å². The van der Waals surface area contributed by atoms with E-state index in [1.54, 1.807) is 12.3 Å². The molecule has 0 atom stereocenters. The standard InChI is InChI=1S/C14H15ClN2O.C4H2Cl2N2/c1-2-3-9-18-12-6-4-5-11(10-12)13-7-8-16-14(15)17-13;5-3-1-2-7-4(6)8-3/h4-8,10H,2-3,9H2,1H3;1-2H. The van der Waals surface area contributed by atoms with E-state index in [0.29, 0.717) is 5.15 Å². The van der Waals surface area contributed by atoms with Gasteiger partial charge in [0, 0.05) is 18.0 Å². The smallest absolute Gasteiger partial charge is 0.223 e. The first-order valence-corrected chi connectivity index (χ1v) is 9.07. The van der Waals surface area contributed by atoms with E-state index in [2.05, 4.69) is 26.9 Å². The van der Waals surface area contributed by atoms with Gasteiger partial charge in [0.25, 0.3) is 0 Å². The van der Waals surface area contributed by atoms with Crippen LogP contribution >= 0.6 is 34.8 Å². The van der Waals surface area contributed by atoms with Crippen molar-refractivity contribution in [1.82, 2.24) is 19.9 Å². The van der Waals surface area contributed by atoms with Crippen molar-refractivity contribution in [2.24, 2.45) is 0 Å². The zero-order valence-corrected chi connectivity index (χ0v) is 16.3.